The molecule has 1 aromatic rings. The number of ether oxygens (including phenoxy) is 1. The quantitative estimate of drug-likeness (QED) is 0.441. The highest BCUT2D eigenvalue weighted by Crippen LogP contribution is 2.19. The van der Waals surface area contributed by atoms with Crippen LogP contribution < -0.4 is 0 Å². The molecule has 0 bridgehead atoms. The van der Waals surface area contributed by atoms with Crippen LogP contribution in [0.3, 0.4) is 0 Å². The molecule has 0 saturated heterocycles. The van der Waals surface area contributed by atoms with Gasteiger partial charge in [0.15, 0.2) is 0 Å². The van der Waals surface area contributed by atoms with Crippen LogP contribution in [0.25, 0.3) is 5.57 Å². The van der Waals surface area contributed by atoms with Gasteiger partial charge in [-0.2, -0.15) is 5.26 Å². The van der Waals surface area contributed by atoms with Gasteiger partial charge in [-0.25, -0.2) is 4.79 Å². The van der Waals surface area contributed by atoms with Crippen molar-refractivity contribution < 1.29 is 9.53 Å². The number of carbonyl (C=O) groups excluding carboxylic acids is 1. The van der Waals surface area contributed by atoms with E-state index in [4.69, 9.17) is 5.26 Å². The number of aryl methyl sites for hydroxylation is 1. The summed E-state index contributed by atoms with van der Waals surface area (Å²) in [5.74, 6) is -0.512. The van der Waals surface area contributed by atoms with E-state index in [-0.39, 0.29) is 0 Å². The summed E-state index contributed by atoms with van der Waals surface area (Å²) < 4.78 is 4.51. The van der Waals surface area contributed by atoms with Crippen molar-refractivity contribution >= 4 is 11.5 Å². The molecule has 1 rings (SSSR count). The van der Waals surface area contributed by atoms with Gasteiger partial charge in [-0.1, -0.05) is 31.2 Å². The van der Waals surface area contributed by atoms with Gasteiger partial charge in [-0.15, -0.1) is 0 Å². The molecule has 3 nitrogen and oxygen atoms in total. The van der Waals surface area contributed by atoms with Gasteiger partial charge in [0.1, 0.15) is 6.07 Å². The van der Waals surface area contributed by atoms with Crippen LogP contribution in [0.2, 0.25) is 0 Å². The molecule has 0 unspecified atom stereocenters. The number of nitriles is 1. The Bertz CT molecular complexity index is 455. The fourth-order valence-corrected chi connectivity index (χ4v) is 1.44. The summed E-state index contributed by atoms with van der Waals surface area (Å²) >= 11 is 0. The topological polar surface area (TPSA) is 50.1 Å². The van der Waals surface area contributed by atoms with Crippen molar-refractivity contribution in [1.29, 1.82) is 5.26 Å². The third-order valence-corrected chi connectivity index (χ3v) is 2.27. The average Bonchev–Trinajstić information content (AvgIpc) is 2.35. The number of esters is 1. The Morgan fingerprint density at radius 1 is 1.50 bits per heavy atom. The summed E-state index contributed by atoms with van der Waals surface area (Å²) in [6.07, 6.45) is 2.03. The Labute approximate surface area is 95.0 Å². The highest BCUT2D eigenvalue weighted by atomic mass is 16.5. The fourth-order valence-electron chi connectivity index (χ4n) is 1.44. The van der Waals surface area contributed by atoms with Crippen LogP contribution >= 0.6 is 0 Å². The van der Waals surface area contributed by atoms with Crippen LogP contribution in [0.1, 0.15) is 18.1 Å². The van der Waals surface area contributed by atoms with Crippen LogP contribution in [0.5, 0.6) is 0 Å². The van der Waals surface area contributed by atoms with Gasteiger partial charge in [-0.05, 0) is 17.5 Å². The van der Waals surface area contributed by atoms with Crippen LogP contribution in [0.15, 0.2) is 30.3 Å². The minimum Gasteiger partial charge on any atom is -0.466 e. The average molecular weight is 215 g/mol. The number of nitrogens with zero attached hydrogens (tertiary/aromatic N) is 1. The maximum absolute atomic E-state index is 11.1. The van der Waals surface area contributed by atoms with Crippen molar-refractivity contribution in [2.24, 2.45) is 0 Å². The molecule has 0 aromatic heterocycles. The Morgan fingerprint density at radius 2 is 2.19 bits per heavy atom. The van der Waals surface area contributed by atoms with E-state index < -0.39 is 5.97 Å². The highest BCUT2D eigenvalue weighted by Gasteiger charge is 2.07. The number of methoxy groups -OCH3 is 1. The van der Waals surface area contributed by atoms with Crippen molar-refractivity contribution in [3.05, 3.63) is 41.5 Å². The van der Waals surface area contributed by atoms with Crippen molar-refractivity contribution in [3.8, 4) is 6.07 Å². The number of allylic oxidation sites excluding steroid dienone is 1. The Balaban J connectivity index is 3.20. The second kappa shape index (κ2) is 5.72. The van der Waals surface area contributed by atoms with E-state index >= 15 is 0 Å². The van der Waals surface area contributed by atoms with Crippen molar-refractivity contribution in [2.75, 3.05) is 7.11 Å². The first kappa shape index (κ1) is 12.0. The molecule has 0 N–H and O–H groups in total. The van der Waals surface area contributed by atoms with Gasteiger partial charge in [0.2, 0.25) is 0 Å². The number of benzene rings is 1. The smallest absolute Gasteiger partial charge is 0.331 e. The zero-order chi connectivity index (χ0) is 12.0. The zero-order valence-corrected chi connectivity index (χ0v) is 9.36. The number of carbonyl (C=O) groups is 1. The molecule has 0 fully saturated rings. The van der Waals surface area contributed by atoms with E-state index in [0.717, 1.165) is 17.5 Å². The van der Waals surface area contributed by atoms with Crippen LogP contribution in [0.4, 0.5) is 0 Å². The van der Waals surface area contributed by atoms with E-state index in [9.17, 15) is 4.79 Å². The van der Waals surface area contributed by atoms with Crippen molar-refractivity contribution in [3.63, 3.8) is 0 Å². The SMILES string of the molecule is CCc1ccccc1C(C#N)=CC(=O)OC. The van der Waals surface area contributed by atoms with Crippen LogP contribution in [-0.4, -0.2) is 13.1 Å². The van der Waals surface area contributed by atoms with Gasteiger partial charge in [-0.3, -0.25) is 0 Å². The molecule has 0 aliphatic rings. The van der Waals surface area contributed by atoms with E-state index in [2.05, 4.69) is 4.74 Å². The molecule has 1 aromatic carbocycles. The molecule has 0 aliphatic carbocycles. The maximum Gasteiger partial charge on any atom is 0.331 e. The summed E-state index contributed by atoms with van der Waals surface area (Å²) in [4.78, 5) is 11.1. The number of hydrogen-bond acceptors (Lipinski definition) is 3. The summed E-state index contributed by atoms with van der Waals surface area (Å²) in [5.41, 5.74) is 2.17. The van der Waals surface area contributed by atoms with Gasteiger partial charge in [0.25, 0.3) is 0 Å². The number of rotatable bonds is 3. The van der Waals surface area contributed by atoms with Gasteiger partial charge in [0, 0.05) is 6.08 Å². The largest absolute Gasteiger partial charge is 0.466 e. The zero-order valence-electron chi connectivity index (χ0n) is 9.36. The monoisotopic (exact) mass is 215 g/mol. The Hall–Kier alpha value is -2.08. The number of hydrogen-bond donors (Lipinski definition) is 0. The van der Waals surface area contributed by atoms with E-state index in [1.807, 2.05) is 37.3 Å². The van der Waals surface area contributed by atoms with Gasteiger partial charge < -0.3 is 4.74 Å². The summed E-state index contributed by atoms with van der Waals surface area (Å²) in [6.45, 7) is 2.01. The van der Waals surface area contributed by atoms with Crippen LogP contribution in [-0.2, 0) is 16.0 Å². The lowest BCUT2D eigenvalue weighted by atomic mass is 9.99. The molecule has 0 heterocycles. The summed E-state index contributed by atoms with van der Waals surface area (Å²) in [6, 6.07) is 9.55. The first-order valence-corrected chi connectivity index (χ1v) is 5.01. The predicted octanol–water partition coefficient (Wildman–Crippen LogP) is 2.33. The maximum atomic E-state index is 11.1. The van der Waals surface area contributed by atoms with E-state index in [1.54, 1.807) is 0 Å². The molecule has 3 heteroatoms. The highest BCUT2D eigenvalue weighted by molar-refractivity contribution is 5.95. The molecule has 82 valence electrons. The molecule has 0 aliphatic heterocycles. The molecule has 0 amide bonds. The minimum atomic E-state index is -0.512. The van der Waals surface area contributed by atoms with Gasteiger partial charge in [0.05, 0.1) is 12.7 Å². The predicted molar refractivity (Wildman–Crippen MR) is 61.4 cm³/mol. The molecular weight excluding hydrogens is 202 g/mol. The molecular formula is C13H13NO2. The molecule has 0 radical (unpaired) electrons. The fraction of sp³-hybridized carbons (Fsp3) is 0.231. The Kier molecular flexibility index (Phi) is 4.28. The van der Waals surface area contributed by atoms with E-state index in [0.29, 0.717) is 5.57 Å². The van der Waals surface area contributed by atoms with Gasteiger partial charge >= 0.3 is 5.97 Å². The first-order valence-electron chi connectivity index (χ1n) is 5.01. The second-order valence-electron chi connectivity index (χ2n) is 3.20. The van der Waals surface area contributed by atoms with Crippen molar-refractivity contribution in [1.82, 2.24) is 0 Å². The van der Waals surface area contributed by atoms with Crippen molar-refractivity contribution in [2.45, 2.75) is 13.3 Å². The lowest BCUT2D eigenvalue weighted by Crippen LogP contribution is -1.98. The molecule has 16 heavy (non-hydrogen) atoms. The second-order valence-corrected chi connectivity index (χ2v) is 3.20. The minimum absolute atomic E-state index is 0.337. The molecule has 0 atom stereocenters. The lowest BCUT2D eigenvalue weighted by Gasteiger charge is -2.05. The van der Waals surface area contributed by atoms with E-state index in [1.165, 1.54) is 13.2 Å². The summed E-state index contributed by atoms with van der Waals surface area (Å²) in [5, 5.41) is 9.02. The third-order valence-electron chi connectivity index (χ3n) is 2.27. The first-order chi connectivity index (χ1) is 7.72. The lowest BCUT2D eigenvalue weighted by molar-refractivity contribution is -0.134. The molecule has 0 saturated carbocycles. The normalized spacial score (nSPS) is 10.7. The summed E-state index contributed by atoms with van der Waals surface area (Å²) in [7, 11) is 1.29. The Morgan fingerprint density at radius 3 is 2.75 bits per heavy atom. The standard InChI is InChI=1S/C13H13NO2/c1-3-10-6-4-5-7-12(10)11(9-14)8-13(15)16-2/h4-8H,3H2,1-2H3. The molecule has 0 spiro atoms. The van der Waals surface area contributed by atoms with Crippen LogP contribution in [0, 0.1) is 11.3 Å². The third kappa shape index (κ3) is 2.71.